The van der Waals surface area contributed by atoms with Crippen LogP contribution >= 0.6 is 46.4 Å². The third kappa shape index (κ3) is 3.56. The largest absolute Gasteiger partial charge is 0.289 e. The predicted molar refractivity (Wildman–Crippen MR) is 86.3 cm³/mol. The van der Waals surface area contributed by atoms with Gasteiger partial charge in [0.05, 0.1) is 15.1 Å². The zero-order chi connectivity index (χ0) is 14.7. The molecule has 2 aromatic carbocycles. The van der Waals surface area contributed by atoms with E-state index in [1.54, 1.807) is 30.3 Å². The van der Waals surface area contributed by atoms with Crippen LogP contribution in [0.3, 0.4) is 0 Å². The van der Waals surface area contributed by atoms with Crippen molar-refractivity contribution in [3.05, 3.63) is 73.7 Å². The van der Waals surface area contributed by atoms with Crippen LogP contribution in [0.25, 0.3) is 6.08 Å². The summed E-state index contributed by atoms with van der Waals surface area (Å²) in [4.78, 5) is 12.1. The summed E-state index contributed by atoms with van der Waals surface area (Å²) in [6.07, 6.45) is 3.10. The molecular weight excluding hydrogens is 338 g/mol. The Labute approximate surface area is 136 Å². The van der Waals surface area contributed by atoms with Crippen molar-refractivity contribution in [1.29, 1.82) is 0 Å². The van der Waals surface area contributed by atoms with Gasteiger partial charge in [-0.15, -0.1) is 0 Å². The van der Waals surface area contributed by atoms with Crippen LogP contribution in [0.15, 0.2) is 42.5 Å². The Morgan fingerprint density at radius 3 is 2.15 bits per heavy atom. The van der Waals surface area contributed by atoms with Crippen molar-refractivity contribution >= 4 is 58.3 Å². The highest BCUT2D eigenvalue weighted by atomic mass is 35.5. The lowest BCUT2D eigenvalue weighted by Gasteiger charge is -2.03. The van der Waals surface area contributed by atoms with E-state index in [2.05, 4.69) is 0 Å². The molecule has 0 aliphatic heterocycles. The van der Waals surface area contributed by atoms with Gasteiger partial charge in [0.15, 0.2) is 5.78 Å². The van der Waals surface area contributed by atoms with Gasteiger partial charge in [0.25, 0.3) is 0 Å². The molecule has 2 aromatic rings. The Morgan fingerprint density at radius 2 is 1.50 bits per heavy atom. The molecule has 0 saturated heterocycles. The molecule has 0 N–H and O–H groups in total. The van der Waals surface area contributed by atoms with Gasteiger partial charge in [-0.3, -0.25) is 4.79 Å². The summed E-state index contributed by atoms with van der Waals surface area (Å²) in [6.45, 7) is 0. The van der Waals surface area contributed by atoms with Crippen LogP contribution in [-0.4, -0.2) is 5.78 Å². The fourth-order valence-corrected chi connectivity index (χ4v) is 2.31. The van der Waals surface area contributed by atoms with Gasteiger partial charge in [0.1, 0.15) is 0 Å². The zero-order valence-electron chi connectivity index (χ0n) is 10.0. The molecule has 0 bridgehead atoms. The normalized spacial score (nSPS) is 11.0. The molecule has 0 fully saturated rings. The van der Waals surface area contributed by atoms with Crippen molar-refractivity contribution < 1.29 is 4.79 Å². The molecule has 20 heavy (non-hydrogen) atoms. The first kappa shape index (κ1) is 15.4. The van der Waals surface area contributed by atoms with Crippen molar-refractivity contribution in [2.45, 2.75) is 0 Å². The van der Waals surface area contributed by atoms with Gasteiger partial charge in [-0.1, -0.05) is 64.6 Å². The van der Waals surface area contributed by atoms with Crippen molar-refractivity contribution in [3.8, 4) is 0 Å². The van der Waals surface area contributed by atoms with E-state index in [1.807, 2.05) is 12.1 Å². The van der Waals surface area contributed by atoms with Crippen LogP contribution in [0, 0.1) is 0 Å². The molecule has 0 aromatic heterocycles. The lowest BCUT2D eigenvalue weighted by molar-refractivity contribution is 0.104. The van der Waals surface area contributed by atoms with Crippen LogP contribution in [0.5, 0.6) is 0 Å². The molecule has 0 aliphatic rings. The molecule has 0 atom stereocenters. The maximum atomic E-state index is 12.1. The van der Waals surface area contributed by atoms with Crippen LogP contribution in [-0.2, 0) is 0 Å². The first-order chi connectivity index (χ1) is 9.49. The lowest BCUT2D eigenvalue weighted by Crippen LogP contribution is -1.96. The first-order valence-corrected chi connectivity index (χ1v) is 7.11. The predicted octanol–water partition coefficient (Wildman–Crippen LogP) is 6.20. The fourth-order valence-electron chi connectivity index (χ4n) is 1.55. The summed E-state index contributed by atoms with van der Waals surface area (Å²) < 4.78 is 0. The number of rotatable bonds is 3. The summed E-state index contributed by atoms with van der Waals surface area (Å²) in [5.41, 5.74) is 1.17. The number of halogens is 4. The smallest absolute Gasteiger partial charge is 0.187 e. The Morgan fingerprint density at radius 1 is 0.850 bits per heavy atom. The molecule has 2 rings (SSSR count). The second-order valence-corrected chi connectivity index (χ2v) is 5.57. The van der Waals surface area contributed by atoms with Gasteiger partial charge in [-0.05, 0) is 35.9 Å². The minimum Gasteiger partial charge on any atom is -0.289 e. The van der Waals surface area contributed by atoms with Crippen LogP contribution in [0.2, 0.25) is 20.1 Å². The number of hydrogen-bond acceptors (Lipinski definition) is 1. The average molecular weight is 346 g/mol. The lowest BCUT2D eigenvalue weighted by atomic mass is 10.1. The Balaban J connectivity index is 2.24. The van der Waals surface area contributed by atoms with Gasteiger partial charge < -0.3 is 0 Å². The Bertz CT molecular complexity index is 675. The first-order valence-electron chi connectivity index (χ1n) is 5.60. The topological polar surface area (TPSA) is 17.1 Å². The number of carbonyl (C=O) groups is 1. The number of benzene rings is 2. The van der Waals surface area contributed by atoms with Gasteiger partial charge in [0.2, 0.25) is 0 Å². The average Bonchev–Trinajstić information content (AvgIpc) is 2.44. The highest BCUT2D eigenvalue weighted by Gasteiger charge is 2.12. The van der Waals surface area contributed by atoms with Crippen molar-refractivity contribution in [2.24, 2.45) is 0 Å². The highest BCUT2D eigenvalue weighted by Crippen LogP contribution is 2.33. The molecule has 0 unspecified atom stereocenters. The number of hydrogen-bond donors (Lipinski definition) is 0. The minimum absolute atomic E-state index is 0.157. The maximum absolute atomic E-state index is 12.1. The summed E-state index contributed by atoms with van der Waals surface area (Å²) >= 11 is 23.5. The van der Waals surface area contributed by atoms with E-state index in [-0.39, 0.29) is 15.8 Å². The van der Waals surface area contributed by atoms with Crippen molar-refractivity contribution in [2.75, 3.05) is 0 Å². The Hall–Kier alpha value is -0.990. The summed E-state index contributed by atoms with van der Waals surface area (Å²) in [5, 5.41) is 1.29. The zero-order valence-corrected chi connectivity index (χ0v) is 13.1. The molecule has 0 spiro atoms. The fraction of sp³-hybridized carbons (Fsp3) is 0. The van der Waals surface area contributed by atoms with E-state index >= 15 is 0 Å². The summed E-state index contributed by atoms with van der Waals surface area (Å²) in [5.74, 6) is -0.247. The number of allylic oxidation sites excluding steroid dienone is 1. The second kappa shape index (κ2) is 6.64. The van der Waals surface area contributed by atoms with Gasteiger partial charge in [-0.2, -0.15) is 0 Å². The molecule has 5 heteroatoms. The molecule has 0 radical (unpaired) electrons. The number of ketones is 1. The van der Waals surface area contributed by atoms with Gasteiger partial charge in [-0.25, -0.2) is 0 Å². The molecule has 0 aliphatic carbocycles. The van der Waals surface area contributed by atoms with Gasteiger partial charge in [0, 0.05) is 10.6 Å². The minimum atomic E-state index is -0.247. The van der Waals surface area contributed by atoms with Crippen LogP contribution in [0.1, 0.15) is 15.9 Å². The SMILES string of the molecule is O=C(C=Cc1ccc(Cl)cc1)c1ccc(Cl)c(Cl)c1Cl. The third-order valence-corrected chi connectivity index (χ3v) is 4.14. The highest BCUT2D eigenvalue weighted by molar-refractivity contribution is 6.49. The summed E-state index contributed by atoms with van der Waals surface area (Å²) in [6, 6.07) is 10.2. The molecule has 0 amide bonds. The third-order valence-electron chi connectivity index (χ3n) is 2.60. The molecule has 0 heterocycles. The number of carbonyl (C=O) groups excluding carboxylic acids is 1. The van der Waals surface area contributed by atoms with E-state index in [0.29, 0.717) is 15.6 Å². The molecule has 0 saturated carbocycles. The van der Waals surface area contributed by atoms with E-state index in [9.17, 15) is 4.79 Å². The van der Waals surface area contributed by atoms with E-state index in [1.165, 1.54) is 6.08 Å². The summed E-state index contributed by atoms with van der Waals surface area (Å²) in [7, 11) is 0. The Kier molecular flexibility index (Phi) is 5.11. The standard InChI is InChI=1S/C15H8Cl4O/c16-10-4-1-9(2-5-10)3-8-13(20)11-6-7-12(17)15(19)14(11)18/h1-8H. The molecule has 1 nitrogen and oxygen atoms in total. The van der Waals surface area contributed by atoms with Crippen molar-refractivity contribution in [3.63, 3.8) is 0 Å². The van der Waals surface area contributed by atoms with E-state index in [4.69, 9.17) is 46.4 Å². The van der Waals surface area contributed by atoms with Crippen LogP contribution in [0.4, 0.5) is 0 Å². The maximum Gasteiger partial charge on any atom is 0.187 e. The molecular formula is C15H8Cl4O. The van der Waals surface area contributed by atoms with E-state index < -0.39 is 0 Å². The second-order valence-electron chi connectivity index (χ2n) is 3.97. The monoisotopic (exact) mass is 344 g/mol. The van der Waals surface area contributed by atoms with Crippen molar-refractivity contribution in [1.82, 2.24) is 0 Å². The van der Waals surface area contributed by atoms with E-state index in [0.717, 1.165) is 5.56 Å². The molecule has 102 valence electrons. The van der Waals surface area contributed by atoms with Gasteiger partial charge >= 0.3 is 0 Å². The quantitative estimate of drug-likeness (QED) is 0.368. The van der Waals surface area contributed by atoms with Crippen LogP contribution < -0.4 is 0 Å².